The number of aromatic nitrogens is 2. The maximum atomic E-state index is 9.86. The monoisotopic (exact) mass is 507 g/mol. The first-order valence-corrected chi connectivity index (χ1v) is 12.9. The molecule has 1 heterocycles. The van der Waals surface area contributed by atoms with Crippen LogP contribution >= 0.6 is 0 Å². The highest BCUT2D eigenvalue weighted by atomic mass is 15.1. The summed E-state index contributed by atoms with van der Waals surface area (Å²) in [6.45, 7) is 4.72. The molecule has 5 rings (SSSR count). The Hall–Kier alpha value is -4.97. The zero-order chi connectivity index (χ0) is 27.4. The normalized spacial score (nSPS) is 11.5. The summed E-state index contributed by atoms with van der Waals surface area (Å²) in [4.78, 5) is 4.37. The quantitative estimate of drug-likeness (QED) is 0.257. The summed E-state index contributed by atoms with van der Waals surface area (Å²) in [5.41, 5.74) is 10.7. The van der Waals surface area contributed by atoms with Gasteiger partial charge >= 0.3 is 0 Å². The third-order valence-corrected chi connectivity index (χ3v) is 7.23. The Kier molecular flexibility index (Phi) is 7.37. The highest BCUT2D eigenvalue weighted by Crippen LogP contribution is 2.32. The average Bonchev–Trinajstić information content (AvgIpc) is 3.39. The highest BCUT2D eigenvalue weighted by molar-refractivity contribution is 5.75. The van der Waals surface area contributed by atoms with E-state index in [-0.39, 0.29) is 6.04 Å². The van der Waals surface area contributed by atoms with Gasteiger partial charge in [-0.1, -0.05) is 60.7 Å². The van der Waals surface area contributed by atoms with Crippen LogP contribution in [0.2, 0.25) is 0 Å². The Bertz CT molecular complexity index is 1730. The lowest BCUT2D eigenvalue weighted by Crippen LogP contribution is -2.24. The molecule has 0 spiro atoms. The van der Waals surface area contributed by atoms with Crippen LogP contribution in [0.1, 0.15) is 45.1 Å². The summed E-state index contributed by atoms with van der Waals surface area (Å²) in [5.74, 6) is 0. The van der Waals surface area contributed by atoms with Crippen LogP contribution in [0.5, 0.6) is 0 Å². The number of hydrogen-bond donors (Lipinski definition) is 1. The van der Waals surface area contributed by atoms with Crippen molar-refractivity contribution in [3.63, 3.8) is 0 Å². The topological polar surface area (TPSA) is 77.4 Å². The van der Waals surface area contributed by atoms with Gasteiger partial charge in [-0.25, -0.2) is 4.98 Å². The SMILES string of the molecule is Cc1ccccc1-c1cc(CNC(c2ccc(C#N)c(-c3ccccc3C)c2)c2cncn2C)ccc1C#N. The van der Waals surface area contributed by atoms with Crippen LogP contribution in [0.4, 0.5) is 0 Å². The molecule has 1 atom stereocenters. The van der Waals surface area contributed by atoms with Gasteiger partial charge < -0.3 is 9.88 Å². The Labute approximate surface area is 229 Å². The van der Waals surface area contributed by atoms with Gasteiger partial charge in [0, 0.05) is 24.7 Å². The second-order valence-corrected chi connectivity index (χ2v) is 9.78. The molecule has 0 aliphatic carbocycles. The van der Waals surface area contributed by atoms with Crippen LogP contribution in [0.3, 0.4) is 0 Å². The van der Waals surface area contributed by atoms with E-state index in [1.165, 1.54) is 0 Å². The van der Waals surface area contributed by atoms with E-state index >= 15 is 0 Å². The minimum Gasteiger partial charge on any atom is -0.336 e. The van der Waals surface area contributed by atoms with Crippen molar-refractivity contribution in [2.45, 2.75) is 26.4 Å². The Morgan fingerprint density at radius 1 is 0.769 bits per heavy atom. The van der Waals surface area contributed by atoms with Crippen LogP contribution in [0.25, 0.3) is 22.3 Å². The molecule has 4 aromatic carbocycles. The molecule has 5 aromatic rings. The number of nitriles is 2. The number of nitrogens with zero attached hydrogens (tertiary/aromatic N) is 4. The fraction of sp³-hybridized carbons (Fsp3) is 0.147. The number of rotatable bonds is 7. The Morgan fingerprint density at radius 3 is 1.92 bits per heavy atom. The minimum absolute atomic E-state index is 0.162. The molecular formula is C34H29N5. The van der Waals surface area contributed by atoms with E-state index in [0.29, 0.717) is 17.7 Å². The van der Waals surface area contributed by atoms with Crippen molar-refractivity contribution in [1.82, 2.24) is 14.9 Å². The number of benzene rings is 4. The number of nitrogens with one attached hydrogen (secondary N) is 1. The van der Waals surface area contributed by atoms with E-state index in [1.807, 2.05) is 66.3 Å². The van der Waals surface area contributed by atoms with Crippen molar-refractivity contribution in [2.24, 2.45) is 7.05 Å². The van der Waals surface area contributed by atoms with E-state index in [2.05, 4.69) is 72.7 Å². The second kappa shape index (κ2) is 11.2. The molecule has 0 saturated heterocycles. The van der Waals surface area contributed by atoms with Gasteiger partial charge in [-0.15, -0.1) is 0 Å². The number of aryl methyl sites for hydroxylation is 3. The summed E-state index contributed by atoms with van der Waals surface area (Å²) in [7, 11) is 1.99. The highest BCUT2D eigenvalue weighted by Gasteiger charge is 2.20. The van der Waals surface area contributed by atoms with Crippen LogP contribution in [-0.2, 0) is 13.6 Å². The first-order chi connectivity index (χ1) is 19.0. The molecule has 0 amide bonds. The van der Waals surface area contributed by atoms with Gasteiger partial charge in [-0.2, -0.15) is 10.5 Å². The molecule has 0 bridgehead atoms. The third kappa shape index (κ3) is 5.22. The van der Waals surface area contributed by atoms with Gasteiger partial charge in [0.1, 0.15) is 0 Å². The lowest BCUT2D eigenvalue weighted by atomic mass is 9.92. The molecule has 1 unspecified atom stereocenters. The van der Waals surface area contributed by atoms with E-state index in [4.69, 9.17) is 0 Å². The second-order valence-electron chi connectivity index (χ2n) is 9.78. The van der Waals surface area contributed by atoms with Crippen molar-refractivity contribution in [3.8, 4) is 34.4 Å². The van der Waals surface area contributed by atoms with Crippen molar-refractivity contribution in [3.05, 3.63) is 137 Å². The number of imidazole rings is 1. The summed E-state index contributed by atoms with van der Waals surface area (Å²) in [6.07, 6.45) is 3.68. The average molecular weight is 508 g/mol. The lowest BCUT2D eigenvalue weighted by molar-refractivity contribution is 0.573. The van der Waals surface area contributed by atoms with Gasteiger partial charge in [-0.05, 0) is 71.5 Å². The lowest BCUT2D eigenvalue weighted by Gasteiger charge is -2.22. The summed E-state index contributed by atoms with van der Waals surface area (Å²) in [5, 5.41) is 23.4. The Balaban J connectivity index is 1.54. The van der Waals surface area contributed by atoms with E-state index in [0.717, 1.165) is 50.2 Å². The molecule has 0 aliphatic heterocycles. The molecule has 0 fully saturated rings. The standard InChI is InChI=1S/C34H29N5/c1-23-8-4-6-10-29(23)31-16-25(12-13-27(31)18-35)20-38-34(33-21-37-22-39(33)3)26-14-15-28(19-36)32(17-26)30-11-7-5-9-24(30)2/h4-17,21-22,34,38H,20H2,1-3H3. The molecule has 0 radical (unpaired) electrons. The molecule has 0 aliphatic rings. The van der Waals surface area contributed by atoms with Crippen molar-refractivity contribution in [1.29, 1.82) is 10.5 Å². The molecule has 5 nitrogen and oxygen atoms in total. The van der Waals surface area contributed by atoms with Crippen LogP contribution < -0.4 is 5.32 Å². The largest absolute Gasteiger partial charge is 0.336 e. The molecule has 1 N–H and O–H groups in total. The molecule has 1 aromatic heterocycles. The minimum atomic E-state index is -0.162. The molecule has 190 valence electrons. The fourth-order valence-electron chi connectivity index (χ4n) is 5.09. The summed E-state index contributed by atoms with van der Waals surface area (Å²) < 4.78 is 2.01. The van der Waals surface area contributed by atoms with Crippen molar-refractivity contribution in [2.75, 3.05) is 0 Å². The van der Waals surface area contributed by atoms with Crippen LogP contribution in [0.15, 0.2) is 97.5 Å². The predicted molar refractivity (Wildman–Crippen MR) is 155 cm³/mol. The zero-order valence-corrected chi connectivity index (χ0v) is 22.3. The van der Waals surface area contributed by atoms with Gasteiger partial charge in [0.2, 0.25) is 0 Å². The van der Waals surface area contributed by atoms with Crippen LogP contribution in [0, 0.1) is 36.5 Å². The van der Waals surface area contributed by atoms with Gasteiger partial charge in [-0.3, -0.25) is 0 Å². The molecule has 0 saturated carbocycles. The maximum absolute atomic E-state index is 9.86. The predicted octanol–water partition coefficient (Wildman–Crippen LogP) is 6.99. The van der Waals surface area contributed by atoms with Gasteiger partial charge in [0.25, 0.3) is 0 Å². The third-order valence-electron chi connectivity index (χ3n) is 7.23. The van der Waals surface area contributed by atoms with Gasteiger partial charge in [0.05, 0.1) is 47.5 Å². The summed E-state index contributed by atoms with van der Waals surface area (Å²) in [6, 6.07) is 32.9. The van der Waals surface area contributed by atoms with E-state index in [1.54, 1.807) is 6.33 Å². The maximum Gasteiger partial charge on any atom is 0.0998 e. The van der Waals surface area contributed by atoms with E-state index in [9.17, 15) is 10.5 Å². The number of hydrogen-bond acceptors (Lipinski definition) is 4. The summed E-state index contributed by atoms with van der Waals surface area (Å²) >= 11 is 0. The first kappa shape index (κ1) is 25.7. The molecule has 5 heteroatoms. The molecule has 39 heavy (non-hydrogen) atoms. The van der Waals surface area contributed by atoms with Gasteiger partial charge in [0.15, 0.2) is 0 Å². The van der Waals surface area contributed by atoms with E-state index < -0.39 is 0 Å². The molecular weight excluding hydrogens is 478 g/mol. The fourth-order valence-corrected chi connectivity index (χ4v) is 5.09. The Morgan fingerprint density at radius 2 is 1.36 bits per heavy atom. The smallest absolute Gasteiger partial charge is 0.0998 e. The van der Waals surface area contributed by atoms with Crippen LogP contribution in [-0.4, -0.2) is 9.55 Å². The first-order valence-electron chi connectivity index (χ1n) is 12.9. The zero-order valence-electron chi connectivity index (χ0n) is 22.3. The van der Waals surface area contributed by atoms with Crippen molar-refractivity contribution < 1.29 is 0 Å². The van der Waals surface area contributed by atoms with Crippen molar-refractivity contribution >= 4 is 0 Å².